The Balaban J connectivity index is 1.49. The molecule has 0 unspecified atom stereocenters. The van der Waals surface area contributed by atoms with Crippen LogP contribution < -0.4 is 10.6 Å². The van der Waals surface area contributed by atoms with Crippen molar-refractivity contribution in [2.45, 2.75) is 26.7 Å². The zero-order valence-corrected chi connectivity index (χ0v) is 17.3. The first-order chi connectivity index (χ1) is 13.5. The molecule has 0 spiro atoms. The Kier molecular flexibility index (Phi) is 6.83. The third kappa shape index (κ3) is 5.67. The number of aryl methyl sites for hydroxylation is 2. The minimum Gasteiger partial charge on any atom is -0.350 e. The van der Waals surface area contributed by atoms with E-state index in [1.165, 1.54) is 0 Å². The molecule has 3 aromatic heterocycles. The highest BCUT2D eigenvalue weighted by atomic mass is 32.1. The minimum atomic E-state index is -0.306. The van der Waals surface area contributed by atoms with Crippen molar-refractivity contribution in [3.8, 4) is 0 Å². The highest BCUT2D eigenvalue weighted by molar-refractivity contribution is 7.09. The van der Waals surface area contributed by atoms with Gasteiger partial charge in [-0.3, -0.25) is 9.59 Å². The first-order valence-electron chi connectivity index (χ1n) is 8.87. The zero-order chi connectivity index (χ0) is 19.9. The molecule has 0 aromatic carbocycles. The number of nitrogens with zero attached hydrogens (tertiary/aromatic N) is 3. The van der Waals surface area contributed by atoms with Crippen molar-refractivity contribution in [2.24, 2.45) is 0 Å². The summed E-state index contributed by atoms with van der Waals surface area (Å²) in [6.07, 6.45) is 1.32. The summed E-state index contributed by atoms with van der Waals surface area (Å²) < 4.78 is 0. The number of hydrogen-bond acceptors (Lipinski definition) is 7. The second-order valence-corrected chi connectivity index (χ2v) is 8.26. The standard InChI is InChI=1S/C19H21N5O2S2/c1-12-22-14(10-27-12)6-8-20-18(25)16-4-3-5-17(24-16)19(26)21-9-7-15-11-28-13(2)23-15/h3-5,10-11H,6-9H2,1-2H3,(H,20,25)(H,21,26). The Morgan fingerprint density at radius 1 is 0.821 bits per heavy atom. The average molecular weight is 416 g/mol. The predicted octanol–water partition coefficient (Wildman–Crippen LogP) is 2.56. The van der Waals surface area contributed by atoms with Crippen LogP contribution in [0.4, 0.5) is 0 Å². The Hall–Kier alpha value is -2.65. The molecule has 7 nitrogen and oxygen atoms in total. The van der Waals surface area contributed by atoms with Crippen LogP contribution in [0.1, 0.15) is 42.4 Å². The molecule has 0 radical (unpaired) electrons. The average Bonchev–Trinajstić information content (AvgIpc) is 3.29. The zero-order valence-electron chi connectivity index (χ0n) is 15.7. The van der Waals surface area contributed by atoms with Crippen molar-refractivity contribution < 1.29 is 9.59 Å². The molecule has 0 atom stereocenters. The number of pyridine rings is 1. The number of aromatic nitrogens is 3. The van der Waals surface area contributed by atoms with Crippen LogP contribution in [0.2, 0.25) is 0 Å². The van der Waals surface area contributed by atoms with Gasteiger partial charge in [0.05, 0.1) is 21.4 Å². The molecule has 2 amide bonds. The highest BCUT2D eigenvalue weighted by Crippen LogP contribution is 2.09. The molecule has 0 aliphatic carbocycles. The third-order valence-electron chi connectivity index (χ3n) is 3.88. The van der Waals surface area contributed by atoms with Crippen molar-refractivity contribution in [1.82, 2.24) is 25.6 Å². The maximum absolute atomic E-state index is 12.3. The van der Waals surface area contributed by atoms with E-state index >= 15 is 0 Å². The Morgan fingerprint density at radius 3 is 1.68 bits per heavy atom. The molecular formula is C19H21N5O2S2. The van der Waals surface area contributed by atoms with Gasteiger partial charge in [-0.05, 0) is 26.0 Å². The first-order valence-corrected chi connectivity index (χ1v) is 10.6. The molecule has 0 saturated heterocycles. The normalized spacial score (nSPS) is 10.6. The van der Waals surface area contributed by atoms with Gasteiger partial charge in [-0.25, -0.2) is 15.0 Å². The fourth-order valence-electron chi connectivity index (χ4n) is 2.52. The van der Waals surface area contributed by atoms with Gasteiger partial charge in [0, 0.05) is 36.7 Å². The molecule has 0 aliphatic rings. The fourth-order valence-corrected chi connectivity index (χ4v) is 3.82. The molecule has 0 aliphatic heterocycles. The van der Waals surface area contributed by atoms with Crippen LogP contribution >= 0.6 is 22.7 Å². The van der Waals surface area contributed by atoms with Gasteiger partial charge in [0.1, 0.15) is 11.4 Å². The number of thiazole rings is 2. The highest BCUT2D eigenvalue weighted by Gasteiger charge is 2.12. The maximum Gasteiger partial charge on any atom is 0.269 e. The van der Waals surface area contributed by atoms with Crippen LogP contribution in [0.5, 0.6) is 0 Å². The van der Waals surface area contributed by atoms with Gasteiger partial charge < -0.3 is 10.6 Å². The number of carbonyl (C=O) groups excluding carboxylic acids is 2. The maximum atomic E-state index is 12.3. The molecule has 3 aromatic rings. The van der Waals surface area contributed by atoms with Crippen molar-refractivity contribution in [3.05, 3.63) is 61.8 Å². The molecular weight excluding hydrogens is 394 g/mol. The van der Waals surface area contributed by atoms with Gasteiger partial charge in [-0.15, -0.1) is 22.7 Å². The number of hydrogen-bond donors (Lipinski definition) is 2. The summed E-state index contributed by atoms with van der Waals surface area (Å²) in [6.45, 7) is 4.83. The molecule has 0 saturated carbocycles. The summed E-state index contributed by atoms with van der Waals surface area (Å²) in [4.78, 5) is 37.5. The van der Waals surface area contributed by atoms with Crippen molar-refractivity contribution >= 4 is 34.5 Å². The van der Waals surface area contributed by atoms with Crippen LogP contribution in [0.25, 0.3) is 0 Å². The van der Waals surface area contributed by atoms with E-state index in [1.54, 1.807) is 40.9 Å². The summed E-state index contributed by atoms with van der Waals surface area (Å²) in [7, 11) is 0. The lowest BCUT2D eigenvalue weighted by atomic mass is 10.2. The van der Waals surface area contributed by atoms with E-state index in [0.29, 0.717) is 25.9 Å². The SMILES string of the molecule is Cc1nc(CCNC(=O)c2cccc(C(=O)NCCc3csc(C)n3)n2)cs1. The summed E-state index contributed by atoms with van der Waals surface area (Å²) in [5.74, 6) is -0.612. The van der Waals surface area contributed by atoms with Crippen LogP contribution in [0, 0.1) is 13.8 Å². The fraction of sp³-hybridized carbons (Fsp3) is 0.316. The van der Waals surface area contributed by atoms with E-state index in [2.05, 4.69) is 25.6 Å². The molecule has 0 bridgehead atoms. The minimum absolute atomic E-state index is 0.220. The van der Waals surface area contributed by atoms with Gasteiger partial charge in [-0.2, -0.15) is 0 Å². The lowest BCUT2D eigenvalue weighted by Crippen LogP contribution is -2.29. The van der Waals surface area contributed by atoms with E-state index in [0.717, 1.165) is 21.4 Å². The second-order valence-electron chi connectivity index (χ2n) is 6.14. The van der Waals surface area contributed by atoms with Gasteiger partial charge in [0.25, 0.3) is 11.8 Å². The third-order valence-corrected chi connectivity index (χ3v) is 5.53. The largest absolute Gasteiger partial charge is 0.350 e. The van der Waals surface area contributed by atoms with Crippen LogP contribution in [-0.2, 0) is 12.8 Å². The lowest BCUT2D eigenvalue weighted by Gasteiger charge is -2.06. The van der Waals surface area contributed by atoms with E-state index in [1.807, 2.05) is 24.6 Å². The van der Waals surface area contributed by atoms with Crippen LogP contribution in [0.15, 0.2) is 29.0 Å². The summed E-state index contributed by atoms with van der Waals surface area (Å²) in [5.41, 5.74) is 2.35. The van der Waals surface area contributed by atoms with Gasteiger partial charge in [-0.1, -0.05) is 6.07 Å². The quantitative estimate of drug-likeness (QED) is 0.589. The number of nitrogens with one attached hydrogen (secondary N) is 2. The van der Waals surface area contributed by atoms with E-state index in [-0.39, 0.29) is 23.2 Å². The smallest absolute Gasteiger partial charge is 0.269 e. The van der Waals surface area contributed by atoms with Crippen LogP contribution in [-0.4, -0.2) is 39.9 Å². The Labute approximate surface area is 171 Å². The molecule has 28 heavy (non-hydrogen) atoms. The predicted molar refractivity (Wildman–Crippen MR) is 110 cm³/mol. The Morgan fingerprint density at radius 2 is 1.29 bits per heavy atom. The first kappa shape index (κ1) is 20.1. The van der Waals surface area contributed by atoms with E-state index < -0.39 is 0 Å². The topological polar surface area (TPSA) is 96.9 Å². The number of amides is 2. The molecule has 146 valence electrons. The number of carbonyl (C=O) groups is 2. The lowest BCUT2D eigenvalue weighted by molar-refractivity contribution is 0.0945. The van der Waals surface area contributed by atoms with E-state index in [4.69, 9.17) is 0 Å². The van der Waals surface area contributed by atoms with Gasteiger partial charge >= 0.3 is 0 Å². The molecule has 0 fully saturated rings. The molecule has 3 heterocycles. The molecule has 3 rings (SSSR count). The summed E-state index contributed by atoms with van der Waals surface area (Å²) in [6, 6.07) is 4.85. The Bertz CT molecular complexity index is 893. The van der Waals surface area contributed by atoms with Crippen molar-refractivity contribution in [2.75, 3.05) is 13.1 Å². The van der Waals surface area contributed by atoms with Crippen LogP contribution in [0.3, 0.4) is 0 Å². The molecule has 2 N–H and O–H groups in total. The number of rotatable bonds is 8. The van der Waals surface area contributed by atoms with E-state index in [9.17, 15) is 9.59 Å². The summed E-state index contributed by atoms with van der Waals surface area (Å²) in [5, 5.41) is 11.6. The van der Waals surface area contributed by atoms with Crippen molar-refractivity contribution in [1.29, 1.82) is 0 Å². The van der Waals surface area contributed by atoms with Gasteiger partial charge in [0.15, 0.2) is 0 Å². The van der Waals surface area contributed by atoms with Crippen molar-refractivity contribution in [3.63, 3.8) is 0 Å². The monoisotopic (exact) mass is 415 g/mol. The molecule has 9 heteroatoms. The second kappa shape index (κ2) is 9.52. The van der Waals surface area contributed by atoms with Gasteiger partial charge in [0.2, 0.25) is 0 Å². The summed E-state index contributed by atoms with van der Waals surface area (Å²) >= 11 is 3.17.